The van der Waals surface area contributed by atoms with Gasteiger partial charge < -0.3 is 4.74 Å². The van der Waals surface area contributed by atoms with E-state index in [1.54, 1.807) is 0 Å². The van der Waals surface area contributed by atoms with Crippen LogP contribution in [0.3, 0.4) is 0 Å². The first-order chi connectivity index (χ1) is 7.79. The fourth-order valence-electron chi connectivity index (χ4n) is 1.23. The van der Waals surface area contributed by atoms with Gasteiger partial charge in [-0.3, -0.25) is 4.98 Å². The maximum atomic E-state index is 8.67. The molecule has 78 valence electrons. The highest BCUT2D eigenvalue weighted by molar-refractivity contribution is 5.34. The highest BCUT2D eigenvalue weighted by Crippen LogP contribution is 2.22. The molecular formula is C12H9N3O. The van der Waals surface area contributed by atoms with Crippen LogP contribution in [0.15, 0.2) is 36.7 Å². The number of benzene rings is 1. The van der Waals surface area contributed by atoms with Gasteiger partial charge in [-0.15, -0.1) is 0 Å². The third-order valence-corrected chi connectivity index (χ3v) is 2.04. The van der Waals surface area contributed by atoms with Gasteiger partial charge in [-0.05, 0) is 18.6 Å². The van der Waals surface area contributed by atoms with Gasteiger partial charge in [0, 0.05) is 0 Å². The van der Waals surface area contributed by atoms with Crippen LogP contribution < -0.4 is 4.74 Å². The Morgan fingerprint density at radius 3 is 2.81 bits per heavy atom. The molecule has 0 aliphatic heterocycles. The zero-order chi connectivity index (χ0) is 11.4. The summed E-state index contributed by atoms with van der Waals surface area (Å²) < 4.78 is 5.53. The van der Waals surface area contributed by atoms with Crippen LogP contribution in [0.5, 0.6) is 11.6 Å². The number of aryl methyl sites for hydroxylation is 1. The summed E-state index contributed by atoms with van der Waals surface area (Å²) in [4.78, 5) is 7.85. The Hall–Kier alpha value is -2.41. The lowest BCUT2D eigenvalue weighted by Crippen LogP contribution is -1.93. The molecule has 4 heteroatoms. The first-order valence-corrected chi connectivity index (χ1v) is 4.75. The monoisotopic (exact) mass is 211 g/mol. The average Bonchev–Trinajstić information content (AvgIpc) is 2.32. The SMILES string of the molecule is Cc1ccccc1Oc1cncc(C#N)n1. The molecule has 1 aromatic heterocycles. The van der Waals surface area contributed by atoms with Gasteiger partial charge in [0.1, 0.15) is 11.8 Å². The third kappa shape index (κ3) is 2.15. The van der Waals surface area contributed by atoms with Crippen molar-refractivity contribution in [2.75, 3.05) is 0 Å². The van der Waals surface area contributed by atoms with Crippen LogP contribution in [0, 0.1) is 18.3 Å². The molecule has 0 aliphatic rings. The van der Waals surface area contributed by atoms with E-state index >= 15 is 0 Å². The van der Waals surface area contributed by atoms with Gasteiger partial charge in [0.05, 0.1) is 12.4 Å². The summed E-state index contributed by atoms with van der Waals surface area (Å²) in [7, 11) is 0. The maximum absolute atomic E-state index is 8.67. The van der Waals surface area contributed by atoms with Gasteiger partial charge in [0.15, 0.2) is 5.69 Å². The second kappa shape index (κ2) is 4.41. The first kappa shape index (κ1) is 10.1. The van der Waals surface area contributed by atoms with Crippen molar-refractivity contribution in [2.45, 2.75) is 6.92 Å². The molecule has 16 heavy (non-hydrogen) atoms. The second-order valence-corrected chi connectivity index (χ2v) is 3.22. The highest BCUT2D eigenvalue weighted by Gasteiger charge is 2.02. The van der Waals surface area contributed by atoms with Crippen molar-refractivity contribution >= 4 is 0 Å². The quantitative estimate of drug-likeness (QED) is 0.765. The van der Waals surface area contributed by atoms with Crippen molar-refractivity contribution in [1.29, 1.82) is 5.26 Å². The minimum atomic E-state index is 0.242. The van der Waals surface area contributed by atoms with Crippen LogP contribution in [0.2, 0.25) is 0 Å². The van der Waals surface area contributed by atoms with E-state index in [2.05, 4.69) is 9.97 Å². The lowest BCUT2D eigenvalue weighted by molar-refractivity contribution is 0.456. The van der Waals surface area contributed by atoms with Gasteiger partial charge in [0.25, 0.3) is 0 Å². The lowest BCUT2D eigenvalue weighted by Gasteiger charge is -2.06. The first-order valence-electron chi connectivity index (χ1n) is 4.75. The van der Waals surface area contributed by atoms with E-state index in [4.69, 9.17) is 10.00 Å². The molecule has 0 N–H and O–H groups in total. The third-order valence-electron chi connectivity index (χ3n) is 2.04. The Morgan fingerprint density at radius 2 is 2.06 bits per heavy atom. The smallest absolute Gasteiger partial charge is 0.239 e. The number of nitriles is 1. The maximum Gasteiger partial charge on any atom is 0.239 e. The summed E-state index contributed by atoms with van der Waals surface area (Å²) >= 11 is 0. The predicted octanol–water partition coefficient (Wildman–Crippen LogP) is 2.45. The molecule has 0 bridgehead atoms. The van der Waals surface area contributed by atoms with Gasteiger partial charge in [-0.1, -0.05) is 18.2 Å². The number of nitrogens with zero attached hydrogens (tertiary/aromatic N) is 3. The molecule has 2 rings (SSSR count). The van der Waals surface area contributed by atoms with Crippen molar-refractivity contribution in [3.05, 3.63) is 47.9 Å². The summed E-state index contributed by atoms with van der Waals surface area (Å²) in [6.45, 7) is 1.94. The van der Waals surface area contributed by atoms with Crippen LogP contribution >= 0.6 is 0 Å². The Bertz CT molecular complexity index is 546. The number of hydrogen-bond acceptors (Lipinski definition) is 4. The van der Waals surface area contributed by atoms with E-state index in [0.29, 0.717) is 11.6 Å². The number of hydrogen-bond donors (Lipinski definition) is 0. The van der Waals surface area contributed by atoms with Crippen molar-refractivity contribution < 1.29 is 4.74 Å². The predicted molar refractivity (Wildman–Crippen MR) is 58.0 cm³/mol. The van der Waals surface area contributed by atoms with Crippen LogP contribution in [0.1, 0.15) is 11.3 Å². The standard InChI is InChI=1S/C12H9N3O/c1-9-4-2-3-5-11(9)16-12-8-14-7-10(6-13)15-12/h2-5,7-8H,1H3. The fraction of sp³-hybridized carbons (Fsp3) is 0.0833. The molecule has 0 aliphatic carbocycles. The van der Waals surface area contributed by atoms with Crippen LogP contribution in [0.4, 0.5) is 0 Å². The molecule has 0 unspecified atom stereocenters. The molecule has 0 saturated carbocycles. The largest absolute Gasteiger partial charge is 0.437 e. The summed E-state index contributed by atoms with van der Waals surface area (Å²) in [5.41, 5.74) is 1.25. The van der Waals surface area contributed by atoms with Gasteiger partial charge in [0.2, 0.25) is 5.88 Å². The second-order valence-electron chi connectivity index (χ2n) is 3.22. The zero-order valence-electron chi connectivity index (χ0n) is 8.71. The zero-order valence-corrected chi connectivity index (χ0v) is 8.71. The molecular weight excluding hydrogens is 202 g/mol. The van der Waals surface area contributed by atoms with Crippen molar-refractivity contribution in [1.82, 2.24) is 9.97 Å². The topological polar surface area (TPSA) is 58.8 Å². The van der Waals surface area contributed by atoms with E-state index in [0.717, 1.165) is 5.56 Å². The Balaban J connectivity index is 2.28. The molecule has 0 atom stereocenters. The van der Waals surface area contributed by atoms with Gasteiger partial charge in [-0.2, -0.15) is 10.2 Å². The molecule has 0 fully saturated rings. The summed E-state index contributed by atoms with van der Waals surface area (Å²) in [6.07, 6.45) is 2.87. The highest BCUT2D eigenvalue weighted by atomic mass is 16.5. The average molecular weight is 211 g/mol. The van der Waals surface area contributed by atoms with Crippen molar-refractivity contribution in [2.24, 2.45) is 0 Å². The van der Waals surface area contributed by atoms with Crippen molar-refractivity contribution in [3.63, 3.8) is 0 Å². The number of ether oxygens (including phenoxy) is 1. The number of para-hydroxylation sites is 1. The number of aromatic nitrogens is 2. The molecule has 4 nitrogen and oxygen atoms in total. The molecule has 1 aromatic carbocycles. The molecule has 2 aromatic rings. The normalized spacial score (nSPS) is 9.50. The molecule has 0 spiro atoms. The summed E-state index contributed by atoms with van der Waals surface area (Å²) in [6, 6.07) is 9.51. The summed E-state index contributed by atoms with van der Waals surface area (Å²) in [5, 5.41) is 8.67. The van der Waals surface area contributed by atoms with Crippen LogP contribution in [-0.4, -0.2) is 9.97 Å². The van der Waals surface area contributed by atoms with Gasteiger partial charge in [-0.25, -0.2) is 0 Å². The molecule has 0 radical (unpaired) electrons. The molecule has 0 saturated heterocycles. The van der Waals surface area contributed by atoms with Crippen LogP contribution in [-0.2, 0) is 0 Å². The Kier molecular flexibility index (Phi) is 2.79. The van der Waals surface area contributed by atoms with E-state index in [1.807, 2.05) is 37.3 Å². The minimum Gasteiger partial charge on any atom is -0.437 e. The fourth-order valence-corrected chi connectivity index (χ4v) is 1.23. The minimum absolute atomic E-state index is 0.242. The summed E-state index contributed by atoms with van der Waals surface area (Å²) in [5.74, 6) is 1.04. The lowest BCUT2D eigenvalue weighted by atomic mass is 10.2. The molecule has 1 heterocycles. The van der Waals surface area contributed by atoms with Crippen molar-refractivity contribution in [3.8, 4) is 17.7 Å². The van der Waals surface area contributed by atoms with E-state index in [9.17, 15) is 0 Å². The van der Waals surface area contributed by atoms with E-state index in [-0.39, 0.29) is 5.69 Å². The van der Waals surface area contributed by atoms with Gasteiger partial charge >= 0.3 is 0 Å². The molecule has 0 amide bonds. The number of rotatable bonds is 2. The van der Waals surface area contributed by atoms with E-state index in [1.165, 1.54) is 12.4 Å². The van der Waals surface area contributed by atoms with E-state index < -0.39 is 0 Å². The Labute approximate surface area is 93.2 Å². The van der Waals surface area contributed by atoms with Crippen LogP contribution in [0.25, 0.3) is 0 Å². The Morgan fingerprint density at radius 1 is 1.25 bits per heavy atom.